The van der Waals surface area contributed by atoms with Crippen molar-refractivity contribution in [2.24, 2.45) is 0 Å². The molecule has 112 valence electrons. The number of nitrogens with one attached hydrogen (secondary N) is 1. The van der Waals surface area contributed by atoms with Crippen molar-refractivity contribution in [3.05, 3.63) is 53.3 Å². The minimum absolute atomic E-state index is 0.0371. The lowest BCUT2D eigenvalue weighted by molar-refractivity contribution is -0.116. The molecule has 0 saturated heterocycles. The van der Waals surface area contributed by atoms with Crippen LogP contribution in [0.1, 0.15) is 19.8 Å². The van der Waals surface area contributed by atoms with Crippen LogP contribution in [0.15, 0.2) is 53.3 Å². The molecular weight excluding hydrogens is 342 g/mol. The number of nitrogens with zero attached hydrogens (tertiary/aromatic N) is 2. The summed E-state index contributed by atoms with van der Waals surface area (Å²) in [7, 11) is 0. The Bertz CT molecular complexity index is 808. The molecule has 1 amide bonds. The number of fused-ring (bicyclic) bond motifs is 1. The van der Waals surface area contributed by atoms with Crippen molar-refractivity contribution >= 4 is 33.2 Å². The number of hydrogen-bond acceptors (Lipinski definition) is 2. The highest BCUT2D eigenvalue weighted by atomic mass is 79.9. The van der Waals surface area contributed by atoms with Crippen molar-refractivity contribution in [3.8, 4) is 11.3 Å². The van der Waals surface area contributed by atoms with Crippen LogP contribution in [0.5, 0.6) is 0 Å². The normalized spacial score (nSPS) is 10.8. The van der Waals surface area contributed by atoms with Gasteiger partial charge in [-0.05, 0) is 30.7 Å². The Kier molecular flexibility index (Phi) is 4.24. The minimum Gasteiger partial charge on any atom is -0.325 e. The predicted octanol–water partition coefficient (Wildman–Crippen LogP) is 4.50. The first-order valence-corrected chi connectivity index (χ1v) is 7.99. The van der Waals surface area contributed by atoms with Crippen molar-refractivity contribution in [1.29, 1.82) is 0 Å². The van der Waals surface area contributed by atoms with E-state index in [1.165, 1.54) is 0 Å². The maximum absolute atomic E-state index is 11.7. The summed E-state index contributed by atoms with van der Waals surface area (Å²) >= 11 is 3.43. The molecule has 2 heterocycles. The van der Waals surface area contributed by atoms with Crippen LogP contribution >= 0.6 is 15.9 Å². The minimum atomic E-state index is 0.0371. The van der Waals surface area contributed by atoms with Crippen LogP contribution < -0.4 is 5.32 Å². The van der Waals surface area contributed by atoms with Crippen LogP contribution in [0.4, 0.5) is 5.69 Å². The zero-order chi connectivity index (χ0) is 15.5. The summed E-state index contributed by atoms with van der Waals surface area (Å²) in [6, 6.07) is 11.8. The van der Waals surface area contributed by atoms with Gasteiger partial charge in [0.15, 0.2) is 0 Å². The molecule has 0 spiro atoms. The van der Waals surface area contributed by atoms with Crippen molar-refractivity contribution < 1.29 is 4.79 Å². The molecule has 0 bridgehead atoms. The number of aromatic nitrogens is 2. The number of rotatable bonds is 4. The molecule has 3 aromatic rings. The standard InChI is InChI=1S/C17H16BrN3O/c1-2-3-17(22)19-14-8-9-16-20-15(11-21(16)10-14)12-4-6-13(18)7-5-12/h4-11H,2-3H2,1H3,(H,19,22). The lowest BCUT2D eigenvalue weighted by atomic mass is 10.2. The molecule has 0 unspecified atom stereocenters. The van der Waals surface area contributed by atoms with Crippen LogP contribution in [0.3, 0.4) is 0 Å². The maximum Gasteiger partial charge on any atom is 0.224 e. The first kappa shape index (κ1) is 14.8. The predicted molar refractivity (Wildman–Crippen MR) is 91.9 cm³/mol. The fourth-order valence-corrected chi connectivity index (χ4v) is 2.54. The molecule has 1 aromatic carbocycles. The molecular formula is C17H16BrN3O. The van der Waals surface area contributed by atoms with Crippen molar-refractivity contribution in [2.45, 2.75) is 19.8 Å². The number of amides is 1. The number of pyridine rings is 1. The Hall–Kier alpha value is -2.14. The fourth-order valence-electron chi connectivity index (χ4n) is 2.28. The lowest BCUT2D eigenvalue weighted by Gasteiger charge is -2.04. The Morgan fingerprint density at radius 3 is 2.68 bits per heavy atom. The van der Waals surface area contributed by atoms with Crippen molar-refractivity contribution in [2.75, 3.05) is 5.32 Å². The van der Waals surface area contributed by atoms with E-state index in [0.717, 1.165) is 33.5 Å². The molecule has 2 aromatic heterocycles. The number of benzene rings is 1. The topological polar surface area (TPSA) is 46.4 Å². The molecule has 0 saturated carbocycles. The van der Waals surface area contributed by atoms with E-state index in [2.05, 4.69) is 26.2 Å². The summed E-state index contributed by atoms with van der Waals surface area (Å²) in [5, 5.41) is 2.90. The van der Waals surface area contributed by atoms with Crippen LogP contribution in [0.2, 0.25) is 0 Å². The zero-order valence-corrected chi connectivity index (χ0v) is 13.8. The highest BCUT2D eigenvalue weighted by molar-refractivity contribution is 9.10. The summed E-state index contributed by atoms with van der Waals surface area (Å²) in [6.07, 6.45) is 5.23. The van der Waals surface area contributed by atoms with Gasteiger partial charge in [0.25, 0.3) is 0 Å². The Balaban J connectivity index is 1.90. The van der Waals surface area contributed by atoms with Crippen molar-refractivity contribution in [1.82, 2.24) is 9.38 Å². The number of imidazole rings is 1. The Labute approximate surface area is 137 Å². The van der Waals surface area contributed by atoms with Crippen LogP contribution in [0, 0.1) is 0 Å². The van der Waals surface area contributed by atoms with E-state index >= 15 is 0 Å². The highest BCUT2D eigenvalue weighted by Crippen LogP contribution is 2.22. The molecule has 0 aliphatic carbocycles. The van der Waals surface area contributed by atoms with Gasteiger partial charge >= 0.3 is 0 Å². The molecule has 5 heteroatoms. The number of hydrogen-bond donors (Lipinski definition) is 1. The van der Waals surface area contributed by atoms with Crippen LogP contribution in [0.25, 0.3) is 16.9 Å². The Morgan fingerprint density at radius 1 is 1.18 bits per heavy atom. The average molecular weight is 358 g/mol. The van der Waals surface area contributed by atoms with Gasteiger partial charge in [0.2, 0.25) is 5.91 Å². The fraction of sp³-hybridized carbons (Fsp3) is 0.176. The summed E-state index contributed by atoms with van der Waals surface area (Å²) in [5.41, 5.74) is 3.60. The van der Waals surface area contributed by atoms with Crippen LogP contribution in [-0.4, -0.2) is 15.3 Å². The summed E-state index contributed by atoms with van der Waals surface area (Å²) in [4.78, 5) is 16.3. The van der Waals surface area contributed by atoms with Gasteiger partial charge in [-0.1, -0.05) is 35.0 Å². The average Bonchev–Trinajstić information content (AvgIpc) is 2.91. The molecule has 0 radical (unpaired) electrons. The summed E-state index contributed by atoms with van der Waals surface area (Å²) < 4.78 is 2.97. The molecule has 22 heavy (non-hydrogen) atoms. The largest absolute Gasteiger partial charge is 0.325 e. The second kappa shape index (κ2) is 6.32. The summed E-state index contributed by atoms with van der Waals surface area (Å²) in [6.45, 7) is 1.99. The van der Waals surface area contributed by atoms with Gasteiger partial charge in [0, 0.05) is 28.9 Å². The third-order valence-electron chi connectivity index (χ3n) is 3.35. The molecule has 0 atom stereocenters. The van der Waals surface area contributed by atoms with E-state index in [4.69, 9.17) is 0 Å². The molecule has 0 aliphatic rings. The van der Waals surface area contributed by atoms with Gasteiger partial charge in [-0.25, -0.2) is 4.98 Å². The van der Waals surface area contributed by atoms with Gasteiger partial charge in [-0.3, -0.25) is 4.79 Å². The van der Waals surface area contributed by atoms with E-state index in [1.807, 2.05) is 60.1 Å². The number of anilines is 1. The highest BCUT2D eigenvalue weighted by Gasteiger charge is 2.06. The SMILES string of the molecule is CCCC(=O)Nc1ccc2nc(-c3ccc(Br)cc3)cn2c1. The van der Waals surface area contributed by atoms with Gasteiger partial charge in [0.05, 0.1) is 11.4 Å². The quantitative estimate of drug-likeness (QED) is 0.746. The van der Waals surface area contributed by atoms with E-state index in [9.17, 15) is 4.79 Å². The van der Waals surface area contributed by atoms with Gasteiger partial charge in [-0.2, -0.15) is 0 Å². The molecule has 3 rings (SSSR count). The van der Waals surface area contributed by atoms with E-state index in [1.54, 1.807) is 0 Å². The number of carbonyl (C=O) groups excluding carboxylic acids is 1. The number of halogens is 1. The van der Waals surface area contributed by atoms with Gasteiger partial charge in [-0.15, -0.1) is 0 Å². The molecule has 1 N–H and O–H groups in total. The third-order valence-corrected chi connectivity index (χ3v) is 3.88. The second-order valence-corrected chi connectivity index (χ2v) is 6.03. The smallest absolute Gasteiger partial charge is 0.224 e. The zero-order valence-electron chi connectivity index (χ0n) is 12.2. The van der Waals surface area contributed by atoms with Gasteiger partial charge < -0.3 is 9.72 Å². The number of carbonyl (C=O) groups is 1. The van der Waals surface area contributed by atoms with Gasteiger partial charge in [0.1, 0.15) is 5.65 Å². The first-order valence-electron chi connectivity index (χ1n) is 7.20. The maximum atomic E-state index is 11.7. The van der Waals surface area contributed by atoms with E-state index in [-0.39, 0.29) is 5.91 Å². The van der Waals surface area contributed by atoms with E-state index in [0.29, 0.717) is 6.42 Å². The third kappa shape index (κ3) is 3.20. The lowest BCUT2D eigenvalue weighted by Crippen LogP contribution is -2.10. The molecule has 0 aliphatic heterocycles. The molecule has 4 nitrogen and oxygen atoms in total. The van der Waals surface area contributed by atoms with Crippen molar-refractivity contribution in [3.63, 3.8) is 0 Å². The monoisotopic (exact) mass is 357 g/mol. The first-order chi connectivity index (χ1) is 10.7. The summed E-state index contributed by atoms with van der Waals surface area (Å²) in [5.74, 6) is 0.0371. The second-order valence-electron chi connectivity index (χ2n) is 5.11. The van der Waals surface area contributed by atoms with E-state index < -0.39 is 0 Å². The Morgan fingerprint density at radius 2 is 1.95 bits per heavy atom. The van der Waals surface area contributed by atoms with Crippen LogP contribution in [-0.2, 0) is 4.79 Å². The molecule has 0 fully saturated rings.